The molecule has 1 aliphatic heterocycles. The maximum atomic E-state index is 14.4. The van der Waals surface area contributed by atoms with Gasteiger partial charge in [0.1, 0.15) is 17.8 Å². The number of halogens is 4. The van der Waals surface area contributed by atoms with Crippen LogP contribution < -0.4 is 5.32 Å². The Morgan fingerprint density at radius 1 is 1.33 bits per heavy atom. The quantitative estimate of drug-likeness (QED) is 0.869. The number of ether oxygens (including phenoxy) is 1. The van der Waals surface area contributed by atoms with E-state index in [4.69, 9.17) is 0 Å². The normalized spacial score (nSPS) is 23.0. The van der Waals surface area contributed by atoms with E-state index in [0.29, 0.717) is 19.0 Å². The third-order valence-electron chi connectivity index (χ3n) is 3.53. The molecule has 1 aromatic carbocycles. The summed E-state index contributed by atoms with van der Waals surface area (Å²) in [6, 6.07) is 1.98. The Morgan fingerprint density at radius 3 is 2.52 bits per heavy atom. The topological polar surface area (TPSA) is 38.3 Å². The number of piperidine rings is 1. The van der Waals surface area contributed by atoms with Gasteiger partial charge in [-0.2, -0.15) is 0 Å². The van der Waals surface area contributed by atoms with E-state index in [9.17, 15) is 18.0 Å². The molecule has 1 heterocycles. The third-order valence-corrected chi connectivity index (χ3v) is 3.53. The fourth-order valence-electron chi connectivity index (χ4n) is 2.52. The molecule has 3 atom stereocenters. The molecule has 0 aliphatic carbocycles. The minimum atomic E-state index is -1.58. The molecule has 1 aromatic rings. The van der Waals surface area contributed by atoms with Crippen molar-refractivity contribution in [2.24, 2.45) is 5.92 Å². The Bertz CT molecular complexity index is 481. The third kappa shape index (κ3) is 4.35. The summed E-state index contributed by atoms with van der Waals surface area (Å²) in [6.45, 7) is 0.461. The zero-order chi connectivity index (χ0) is 14.7. The molecule has 1 saturated heterocycles. The van der Waals surface area contributed by atoms with Crippen LogP contribution in [-0.4, -0.2) is 25.7 Å². The average Bonchev–Trinajstić information content (AvgIpc) is 2.44. The van der Waals surface area contributed by atoms with Gasteiger partial charge in [-0.1, -0.05) is 0 Å². The number of carbonyl (C=O) groups is 1. The first-order chi connectivity index (χ1) is 9.51. The molecule has 21 heavy (non-hydrogen) atoms. The van der Waals surface area contributed by atoms with E-state index < -0.39 is 23.8 Å². The highest BCUT2D eigenvalue weighted by Crippen LogP contribution is 2.30. The lowest BCUT2D eigenvalue weighted by Gasteiger charge is -2.31. The van der Waals surface area contributed by atoms with Crippen molar-refractivity contribution in [1.29, 1.82) is 0 Å². The van der Waals surface area contributed by atoms with Crippen LogP contribution in [0, 0.1) is 17.6 Å². The summed E-state index contributed by atoms with van der Waals surface area (Å²) in [5, 5.41) is 2.94. The van der Waals surface area contributed by atoms with Crippen molar-refractivity contribution < 1.29 is 22.7 Å². The van der Waals surface area contributed by atoms with Gasteiger partial charge in [-0.05, 0) is 37.1 Å². The number of methoxy groups -OCH3 is 1. The molecule has 3 unspecified atom stereocenters. The van der Waals surface area contributed by atoms with Crippen molar-refractivity contribution in [3.05, 3.63) is 35.4 Å². The minimum absolute atomic E-state index is 0. The van der Waals surface area contributed by atoms with Gasteiger partial charge in [0.15, 0.2) is 0 Å². The standard InChI is InChI=1S/C14H16F3NO2.ClH/c1-20-14(19)8-2-3-18-12(6-8)13(17)9-4-10(15)7-11(16)5-9;/h4-5,7-8,12-13,18H,2-3,6H2,1H3;1H. The first-order valence-electron chi connectivity index (χ1n) is 6.42. The number of nitrogens with one attached hydrogen (secondary N) is 1. The minimum Gasteiger partial charge on any atom is -0.469 e. The number of alkyl halides is 1. The second-order valence-electron chi connectivity index (χ2n) is 4.91. The molecule has 1 aliphatic rings. The fraction of sp³-hybridized carbons (Fsp3) is 0.500. The lowest BCUT2D eigenvalue weighted by molar-refractivity contribution is -0.146. The first-order valence-corrected chi connectivity index (χ1v) is 6.42. The van der Waals surface area contributed by atoms with Crippen LogP contribution in [0.4, 0.5) is 13.2 Å². The van der Waals surface area contributed by atoms with Gasteiger partial charge in [-0.3, -0.25) is 4.79 Å². The first kappa shape index (κ1) is 17.8. The molecular formula is C14H17ClF3NO2. The molecule has 0 spiro atoms. The van der Waals surface area contributed by atoms with Crippen molar-refractivity contribution in [3.63, 3.8) is 0 Å². The maximum absolute atomic E-state index is 14.4. The van der Waals surface area contributed by atoms with E-state index >= 15 is 0 Å². The molecule has 0 saturated carbocycles. The van der Waals surface area contributed by atoms with Crippen LogP contribution in [0.3, 0.4) is 0 Å². The zero-order valence-electron chi connectivity index (χ0n) is 11.4. The summed E-state index contributed by atoms with van der Waals surface area (Å²) in [5.41, 5.74) is -0.0643. The molecule has 1 N–H and O–H groups in total. The Balaban J connectivity index is 0.00000220. The second-order valence-corrected chi connectivity index (χ2v) is 4.91. The fourth-order valence-corrected chi connectivity index (χ4v) is 2.52. The highest BCUT2D eigenvalue weighted by Gasteiger charge is 2.33. The summed E-state index contributed by atoms with van der Waals surface area (Å²) in [6.07, 6.45) is -0.771. The predicted octanol–water partition coefficient (Wildman–Crippen LogP) is 2.94. The van der Waals surface area contributed by atoms with Gasteiger partial charge >= 0.3 is 5.97 Å². The Morgan fingerprint density at radius 2 is 1.95 bits per heavy atom. The van der Waals surface area contributed by atoms with Crippen molar-refractivity contribution in [2.75, 3.05) is 13.7 Å². The van der Waals surface area contributed by atoms with E-state index in [1.807, 2.05) is 0 Å². The average molecular weight is 324 g/mol. The molecule has 0 radical (unpaired) electrons. The maximum Gasteiger partial charge on any atom is 0.308 e. The SMILES string of the molecule is COC(=O)C1CCNC(C(F)c2cc(F)cc(F)c2)C1.Cl. The van der Waals surface area contributed by atoms with Crippen LogP contribution in [0.2, 0.25) is 0 Å². The van der Waals surface area contributed by atoms with Gasteiger partial charge in [0.05, 0.1) is 13.0 Å². The van der Waals surface area contributed by atoms with Crippen molar-refractivity contribution in [3.8, 4) is 0 Å². The number of esters is 1. The molecule has 0 aromatic heterocycles. The summed E-state index contributed by atoms with van der Waals surface area (Å²) >= 11 is 0. The smallest absolute Gasteiger partial charge is 0.308 e. The van der Waals surface area contributed by atoms with Gasteiger partial charge in [0.2, 0.25) is 0 Å². The molecular weight excluding hydrogens is 307 g/mol. The number of carbonyl (C=O) groups excluding carboxylic acids is 1. The largest absolute Gasteiger partial charge is 0.469 e. The van der Waals surface area contributed by atoms with Gasteiger partial charge in [-0.25, -0.2) is 13.2 Å². The van der Waals surface area contributed by atoms with Gasteiger partial charge < -0.3 is 10.1 Å². The van der Waals surface area contributed by atoms with Gasteiger partial charge in [0, 0.05) is 12.1 Å². The van der Waals surface area contributed by atoms with Crippen LogP contribution >= 0.6 is 12.4 Å². The van der Waals surface area contributed by atoms with Crippen LogP contribution in [0.15, 0.2) is 18.2 Å². The van der Waals surface area contributed by atoms with E-state index in [0.717, 1.165) is 12.1 Å². The van der Waals surface area contributed by atoms with Crippen LogP contribution in [0.25, 0.3) is 0 Å². The summed E-state index contributed by atoms with van der Waals surface area (Å²) < 4.78 is 45.3. The second kappa shape index (κ2) is 7.66. The lowest BCUT2D eigenvalue weighted by Crippen LogP contribution is -2.43. The van der Waals surface area contributed by atoms with Crippen molar-refractivity contribution >= 4 is 18.4 Å². The van der Waals surface area contributed by atoms with E-state index in [1.54, 1.807) is 0 Å². The lowest BCUT2D eigenvalue weighted by atomic mass is 9.88. The molecule has 7 heteroatoms. The van der Waals surface area contributed by atoms with Crippen LogP contribution in [-0.2, 0) is 9.53 Å². The molecule has 0 bridgehead atoms. The van der Waals surface area contributed by atoms with Crippen molar-refractivity contribution in [1.82, 2.24) is 5.32 Å². The highest BCUT2D eigenvalue weighted by atomic mass is 35.5. The molecule has 118 valence electrons. The summed E-state index contributed by atoms with van der Waals surface area (Å²) in [7, 11) is 1.29. The number of rotatable bonds is 3. The Labute approximate surface area is 127 Å². The molecule has 2 rings (SSSR count). The number of hydrogen-bond acceptors (Lipinski definition) is 3. The van der Waals surface area contributed by atoms with E-state index in [1.165, 1.54) is 7.11 Å². The Hall–Kier alpha value is -1.27. The molecule has 1 fully saturated rings. The van der Waals surface area contributed by atoms with E-state index in [2.05, 4.69) is 10.1 Å². The monoisotopic (exact) mass is 323 g/mol. The van der Waals surface area contributed by atoms with Gasteiger partial charge in [-0.15, -0.1) is 12.4 Å². The van der Waals surface area contributed by atoms with Gasteiger partial charge in [0.25, 0.3) is 0 Å². The predicted molar refractivity (Wildman–Crippen MR) is 74.0 cm³/mol. The summed E-state index contributed by atoms with van der Waals surface area (Å²) in [5.74, 6) is -2.40. The molecule has 0 amide bonds. The zero-order valence-corrected chi connectivity index (χ0v) is 12.3. The molecule has 3 nitrogen and oxygen atoms in total. The highest BCUT2D eigenvalue weighted by molar-refractivity contribution is 5.85. The van der Waals surface area contributed by atoms with Crippen LogP contribution in [0.5, 0.6) is 0 Å². The Kier molecular flexibility index (Phi) is 6.48. The summed E-state index contributed by atoms with van der Waals surface area (Å²) in [4.78, 5) is 11.5. The number of hydrogen-bond donors (Lipinski definition) is 1. The number of benzene rings is 1. The van der Waals surface area contributed by atoms with Crippen LogP contribution in [0.1, 0.15) is 24.6 Å². The van der Waals surface area contributed by atoms with E-state index in [-0.39, 0.29) is 36.3 Å². The van der Waals surface area contributed by atoms with Crippen molar-refractivity contribution in [2.45, 2.75) is 25.1 Å².